The minimum Gasteiger partial charge on any atom is -0.268 e. The second-order valence-electron chi connectivity index (χ2n) is 5.76. The minimum absolute atomic E-state index is 0.150. The first-order valence-electron chi connectivity index (χ1n) is 8.00. The van der Waals surface area contributed by atoms with Crippen LogP contribution in [0, 0.1) is 10.1 Å². The summed E-state index contributed by atoms with van der Waals surface area (Å²) in [6.07, 6.45) is 2.95. The molecule has 0 saturated carbocycles. The van der Waals surface area contributed by atoms with Gasteiger partial charge in [-0.05, 0) is 30.3 Å². The number of rotatable bonds is 3. The van der Waals surface area contributed by atoms with Gasteiger partial charge in [-0.25, -0.2) is 9.36 Å². The van der Waals surface area contributed by atoms with Gasteiger partial charge in [-0.3, -0.25) is 24.5 Å². The molecule has 4 aromatic rings. The van der Waals surface area contributed by atoms with Crippen molar-refractivity contribution in [2.75, 3.05) is 0 Å². The highest BCUT2D eigenvalue weighted by Crippen LogP contribution is 2.19. The van der Waals surface area contributed by atoms with Crippen LogP contribution in [0.1, 0.15) is 0 Å². The Morgan fingerprint density at radius 2 is 1.67 bits per heavy atom. The largest absolute Gasteiger partial charge is 0.340 e. The van der Waals surface area contributed by atoms with Crippen LogP contribution in [0.15, 0.2) is 82.6 Å². The number of pyridine rings is 1. The van der Waals surface area contributed by atoms with Crippen LogP contribution in [0.4, 0.5) is 5.69 Å². The van der Waals surface area contributed by atoms with E-state index in [1.165, 1.54) is 35.2 Å². The Morgan fingerprint density at radius 1 is 0.889 bits per heavy atom. The quantitative estimate of drug-likeness (QED) is 0.413. The zero-order chi connectivity index (χ0) is 19.0. The molecule has 0 atom stereocenters. The number of hydrogen-bond acceptors (Lipinski definition) is 5. The smallest absolute Gasteiger partial charge is 0.268 e. The molecule has 2 heterocycles. The molecule has 0 bridgehead atoms. The van der Waals surface area contributed by atoms with Gasteiger partial charge in [0.1, 0.15) is 0 Å². The highest BCUT2D eigenvalue weighted by molar-refractivity contribution is 5.80. The first-order chi connectivity index (χ1) is 13.1. The molecule has 0 spiro atoms. The van der Waals surface area contributed by atoms with E-state index in [1.807, 2.05) is 0 Å². The molecular weight excluding hydrogens is 348 g/mol. The van der Waals surface area contributed by atoms with E-state index >= 15 is 0 Å². The first-order valence-corrected chi connectivity index (χ1v) is 8.00. The van der Waals surface area contributed by atoms with E-state index in [1.54, 1.807) is 42.5 Å². The molecule has 0 amide bonds. The molecule has 2 aromatic heterocycles. The Hall–Kier alpha value is -4.07. The summed E-state index contributed by atoms with van der Waals surface area (Å²) < 4.78 is 2.30. The van der Waals surface area contributed by atoms with Gasteiger partial charge in [0.25, 0.3) is 11.2 Å². The average Bonchev–Trinajstić information content (AvgIpc) is 2.69. The summed E-state index contributed by atoms with van der Waals surface area (Å²) in [5.41, 5.74) is -0.284. The van der Waals surface area contributed by atoms with Crippen molar-refractivity contribution in [1.29, 1.82) is 0 Å². The standard InChI is InChI=1S/C19H12N4O4/c24-18-16-8-1-2-9-17(16)21(13-5-3-6-14(11-13)23(26)27)19(25)22(18)15-7-4-10-20-12-15/h1-12H. The van der Waals surface area contributed by atoms with Crippen LogP contribution >= 0.6 is 0 Å². The van der Waals surface area contributed by atoms with Gasteiger partial charge in [-0.2, -0.15) is 0 Å². The number of nitro groups is 1. The lowest BCUT2D eigenvalue weighted by Crippen LogP contribution is -2.38. The zero-order valence-corrected chi connectivity index (χ0v) is 13.9. The zero-order valence-electron chi connectivity index (χ0n) is 13.9. The summed E-state index contributed by atoms with van der Waals surface area (Å²) in [6, 6.07) is 15.6. The highest BCUT2D eigenvalue weighted by atomic mass is 16.6. The molecule has 0 aliphatic rings. The number of hydrogen-bond donors (Lipinski definition) is 0. The van der Waals surface area contributed by atoms with Gasteiger partial charge in [0, 0.05) is 18.3 Å². The van der Waals surface area contributed by atoms with Crippen molar-refractivity contribution in [3.05, 3.63) is 104 Å². The van der Waals surface area contributed by atoms with Crippen LogP contribution < -0.4 is 11.2 Å². The van der Waals surface area contributed by atoms with Crippen LogP contribution in [0.5, 0.6) is 0 Å². The Bertz CT molecular complexity index is 1290. The molecule has 0 unspecified atom stereocenters. The summed E-state index contributed by atoms with van der Waals surface area (Å²) in [5, 5.41) is 11.4. The summed E-state index contributed by atoms with van der Waals surface area (Å²) in [6.45, 7) is 0. The summed E-state index contributed by atoms with van der Waals surface area (Å²) in [7, 11) is 0. The van der Waals surface area contributed by atoms with Crippen molar-refractivity contribution < 1.29 is 4.92 Å². The number of benzene rings is 2. The van der Waals surface area contributed by atoms with Crippen LogP contribution in [0.2, 0.25) is 0 Å². The van der Waals surface area contributed by atoms with E-state index in [-0.39, 0.29) is 5.69 Å². The van der Waals surface area contributed by atoms with Crippen molar-refractivity contribution in [1.82, 2.24) is 14.1 Å². The fraction of sp³-hybridized carbons (Fsp3) is 0. The van der Waals surface area contributed by atoms with E-state index < -0.39 is 16.2 Å². The van der Waals surface area contributed by atoms with Crippen molar-refractivity contribution >= 4 is 16.6 Å². The summed E-state index contributed by atoms with van der Waals surface area (Å²) in [5.74, 6) is 0. The van der Waals surface area contributed by atoms with Crippen molar-refractivity contribution in [2.24, 2.45) is 0 Å². The predicted molar refractivity (Wildman–Crippen MR) is 99.6 cm³/mol. The molecular formula is C19H12N4O4. The Kier molecular flexibility index (Phi) is 3.85. The van der Waals surface area contributed by atoms with E-state index in [2.05, 4.69) is 4.98 Å². The number of nitro benzene ring substituents is 1. The van der Waals surface area contributed by atoms with Crippen LogP contribution in [0.3, 0.4) is 0 Å². The maximum atomic E-state index is 13.2. The molecule has 0 aliphatic carbocycles. The van der Waals surface area contributed by atoms with Crippen molar-refractivity contribution in [3.8, 4) is 11.4 Å². The third kappa shape index (κ3) is 2.69. The predicted octanol–water partition coefficient (Wildman–Crippen LogP) is 2.44. The molecule has 0 saturated heterocycles. The Labute approximate surface area is 151 Å². The fourth-order valence-electron chi connectivity index (χ4n) is 2.97. The van der Waals surface area contributed by atoms with Crippen LogP contribution in [0.25, 0.3) is 22.3 Å². The van der Waals surface area contributed by atoms with Gasteiger partial charge in [0.05, 0.1) is 33.4 Å². The second kappa shape index (κ2) is 6.34. The van der Waals surface area contributed by atoms with Gasteiger partial charge >= 0.3 is 5.69 Å². The lowest BCUT2D eigenvalue weighted by Gasteiger charge is -2.14. The SMILES string of the molecule is O=c1c2ccccc2n(-c2cccc([N+](=O)[O-])c2)c(=O)n1-c1cccnc1. The molecule has 0 aliphatic heterocycles. The van der Waals surface area contributed by atoms with E-state index in [9.17, 15) is 19.7 Å². The molecule has 0 N–H and O–H groups in total. The average molecular weight is 360 g/mol. The fourth-order valence-corrected chi connectivity index (χ4v) is 2.97. The van der Waals surface area contributed by atoms with E-state index in [0.717, 1.165) is 4.57 Å². The van der Waals surface area contributed by atoms with Crippen LogP contribution in [-0.2, 0) is 0 Å². The maximum absolute atomic E-state index is 13.2. The molecule has 2 aromatic carbocycles. The number of para-hydroxylation sites is 1. The number of fused-ring (bicyclic) bond motifs is 1. The van der Waals surface area contributed by atoms with Crippen LogP contribution in [-0.4, -0.2) is 19.0 Å². The maximum Gasteiger partial charge on any atom is 0.340 e. The lowest BCUT2D eigenvalue weighted by atomic mass is 10.2. The molecule has 0 fully saturated rings. The molecule has 132 valence electrons. The molecule has 27 heavy (non-hydrogen) atoms. The second-order valence-corrected chi connectivity index (χ2v) is 5.76. The monoisotopic (exact) mass is 360 g/mol. The van der Waals surface area contributed by atoms with E-state index in [0.29, 0.717) is 22.3 Å². The molecule has 4 rings (SSSR count). The lowest BCUT2D eigenvalue weighted by molar-refractivity contribution is -0.384. The number of non-ortho nitro benzene ring substituents is 1. The first kappa shape index (κ1) is 16.4. The third-order valence-corrected chi connectivity index (χ3v) is 4.16. The van der Waals surface area contributed by atoms with E-state index in [4.69, 9.17) is 0 Å². The highest BCUT2D eigenvalue weighted by Gasteiger charge is 2.17. The van der Waals surface area contributed by atoms with Gasteiger partial charge in [-0.1, -0.05) is 18.2 Å². The number of nitrogens with zero attached hydrogens (tertiary/aromatic N) is 4. The summed E-state index contributed by atoms with van der Waals surface area (Å²) in [4.78, 5) is 40.7. The summed E-state index contributed by atoms with van der Waals surface area (Å²) >= 11 is 0. The minimum atomic E-state index is -0.632. The third-order valence-electron chi connectivity index (χ3n) is 4.16. The Balaban J connectivity index is 2.16. The Morgan fingerprint density at radius 3 is 2.41 bits per heavy atom. The molecule has 8 heteroatoms. The van der Waals surface area contributed by atoms with Crippen molar-refractivity contribution in [2.45, 2.75) is 0 Å². The van der Waals surface area contributed by atoms with Crippen molar-refractivity contribution in [3.63, 3.8) is 0 Å². The van der Waals surface area contributed by atoms with Gasteiger partial charge < -0.3 is 0 Å². The van der Waals surface area contributed by atoms with Gasteiger partial charge in [-0.15, -0.1) is 0 Å². The normalized spacial score (nSPS) is 10.8. The topological polar surface area (TPSA) is 100 Å². The van der Waals surface area contributed by atoms with Gasteiger partial charge in [0.2, 0.25) is 0 Å². The van der Waals surface area contributed by atoms with Gasteiger partial charge in [0.15, 0.2) is 0 Å². The molecule has 0 radical (unpaired) electrons. The number of aromatic nitrogens is 3. The molecule has 8 nitrogen and oxygen atoms in total.